The van der Waals surface area contributed by atoms with Crippen molar-refractivity contribution in [2.45, 2.75) is 59.5 Å². The molecule has 6 heteroatoms. The molecule has 3 rings (SSSR count). The quantitative estimate of drug-likeness (QED) is 0.432. The topological polar surface area (TPSA) is 84.2 Å². The molecule has 1 unspecified atom stereocenters. The van der Waals surface area contributed by atoms with Gasteiger partial charge in [-0.15, -0.1) is 0 Å². The van der Waals surface area contributed by atoms with Crippen molar-refractivity contribution in [1.82, 2.24) is 14.9 Å². The first kappa shape index (κ1) is 25.4. The summed E-state index contributed by atoms with van der Waals surface area (Å²) < 4.78 is 1.76. The lowest BCUT2D eigenvalue weighted by atomic mass is 9.96. The van der Waals surface area contributed by atoms with E-state index in [0.29, 0.717) is 12.5 Å². The predicted octanol–water partition coefficient (Wildman–Crippen LogP) is 5.23. The second-order valence-corrected chi connectivity index (χ2v) is 9.53. The van der Waals surface area contributed by atoms with Crippen molar-refractivity contribution in [2.75, 3.05) is 6.54 Å². The Hall–Kier alpha value is -3.25. The lowest BCUT2D eigenvalue weighted by molar-refractivity contribution is -0.137. The summed E-state index contributed by atoms with van der Waals surface area (Å²) in [5.41, 5.74) is 5.92. The molecule has 2 heterocycles. The van der Waals surface area contributed by atoms with Gasteiger partial charge in [-0.2, -0.15) is 0 Å². The smallest absolute Gasteiger partial charge is 0.305 e. The van der Waals surface area contributed by atoms with Crippen molar-refractivity contribution in [1.29, 1.82) is 0 Å². The van der Waals surface area contributed by atoms with Crippen molar-refractivity contribution in [3.63, 3.8) is 0 Å². The van der Waals surface area contributed by atoms with Crippen molar-refractivity contribution in [3.05, 3.63) is 87.5 Å². The molecule has 0 saturated carbocycles. The molecular weight excluding hydrogens is 426 g/mol. The van der Waals surface area contributed by atoms with E-state index in [9.17, 15) is 14.7 Å². The molecule has 0 aliphatic carbocycles. The number of benzene rings is 1. The summed E-state index contributed by atoms with van der Waals surface area (Å²) >= 11 is 0. The summed E-state index contributed by atoms with van der Waals surface area (Å²) in [6.45, 7) is 10.8. The minimum atomic E-state index is -0.879. The van der Waals surface area contributed by atoms with Gasteiger partial charge in [-0.3, -0.25) is 14.6 Å². The third-order valence-electron chi connectivity index (χ3n) is 6.14. The lowest BCUT2D eigenvalue weighted by Gasteiger charge is -2.26. The number of nitrogens with zero attached hydrogens (tertiary/aromatic N) is 2. The molecule has 0 saturated heterocycles. The van der Waals surface area contributed by atoms with Crippen LogP contribution >= 0.6 is 0 Å². The van der Waals surface area contributed by atoms with E-state index in [1.807, 2.05) is 37.4 Å². The van der Waals surface area contributed by atoms with Gasteiger partial charge >= 0.3 is 5.97 Å². The number of rotatable bonds is 10. The number of carboxylic acids is 1. The van der Waals surface area contributed by atoms with Crippen molar-refractivity contribution >= 4 is 5.97 Å². The van der Waals surface area contributed by atoms with Crippen LogP contribution in [0.1, 0.15) is 61.0 Å². The highest BCUT2D eigenvalue weighted by Gasteiger charge is 2.21. The molecule has 0 fully saturated rings. The number of carbonyl (C=O) groups is 1. The van der Waals surface area contributed by atoms with Gasteiger partial charge in [0.2, 0.25) is 0 Å². The molecule has 1 aromatic carbocycles. The molecule has 3 aromatic rings. The summed E-state index contributed by atoms with van der Waals surface area (Å²) in [5, 5.41) is 13.1. The number of aryl methyl sites for hydroxylation is 3. The maximum absolute atomic E-state index is 12.7. The van der Waals surface area contributed by atoms with E-state index in [-0.39, 0.29) is 18.0 Å². The maximum Gasteiger partial charge on any atom is 0.305 e. The second kappa shape index (κ2) is 11.3. The zero-order valence-electron chi connectivity index (χ0n) is 20.7. The van der Waals surface area contributed by atoms with E-state index in [2.05, 4.69) is 50.1 Å². The van der Waals surface area contributed by atoms with Crippen molar-refractivity contribution in [3.8, 4) is 11.3 Å². The normalized spacial score (nSPS) is 13.1. The van der Waals surface area contributed by atoms with E-state index in [1.54, 1.807) is 16.8 Å². The molecule has 0 amide bonds. The van der Waals surface area contributed by atoms with E-state index in [0.717, 1.165) is 39.9 Å². The minimum absolute atomic E-state index is 0.0385. The van der Waals surface area contributed by atoms with E-state index in [1.165, 1.54) is 0 Å². The molecule has 6 nitrogen and oxygen atoms in total. The fraction of sp³-hybridized carbons (Fsp3) is 0.393. The Morgan fingerprint density at radius 3 is 2.41 bits per heavy atom. The SMILES string of the molecule is Cc1ccn(C(CN[C@H](CC(=O)O)c2ccnc(-c3c(C)cccc3C)c2)CC(C)C)c(=O)c1. The molecule has 0 aliphatic rings. The molecule has 34 heavy (non-hydrogen) atoms. The van der Waals surface area contributed by atoms with Crippen LogP contribution in [0.4, 0.5) is 0 Å². The fourth-order valence-corrected chi connectivity index (χ4v) is 4.51. The standard InChI is InChI=1S/C28H35N3O3/c1-18(2)13-23(31-12-10-19(3)14-26(31)32)17-30-24(16-27(33)34)22-9-11-29-25(15-22)28-20(4)7-6-8-21(28)5/h6-12,14-15,18,23-24,30H,13,16-17H2,1-5H3,(H,33,34)/t23?,24-/m1/s1. The molecule has 0 bridgehead atoms. The minimum Gasteiger partial charge on any atom is -0.481 e. The van der Waals surface area contributed by atoms with Gasteiger partial charge in [0, 0.05) is 42.7 Å². The van der Waals surface area contributed by atoms with Gasteiger partial charge in [-0.05, 0) is 73.6 Å². The van der Waals surface area contributed by atoms with Crippen LogP contribution in [-0.4, -0.2) is 27.2 Å². The zero-order valence-corrected chi connectivity index (χ0v) is 20.7. The first-order valence-corrected chi connectivity index (χ1v) is 11.8. The molecule has 180 valence electrons. The Morgan fingerprint density at radius 1 is 1.09 bits per heavy atom. The Balaban J connectivity index is 1.91. The summed E-state index contributed by atoms with van der Waals surface area (Å²) in [4.78, 5) is 28.9. The summed E-state index contributed by atoms with van der Waals surface area (Å²) in [6.07, 6.45) is 4.32. The van der Waals surface area contributed by atoms with Crippen LogP contribution in [-0.2, 0) is 4.79 Å². The number of aromatic nitrogens is 2. The first-order chi connectivity index (χ1) is 16.2. The van der Waals surface area contributed by atoms with E-state index < -0.39 is 12.0 Å². The average Bonchev–Trinajstić information content (AvgIpc) is 2.75. The van der Waals surface area contributed by atoms with Crippen LogP contribution in [0, 0.1) is 26.7 Å². The predicted molar refractivity (Wildman–Crippen MR) is 136 cm³/mol. The van der Waals surface area contributed by atoms with Crippen LogP contribution in [0.15, 0.2) is 59.7 Å². The highest BCUT2D eigenvalue weighted by molar-refractivity contribution is 5.70. The number of hydrogen-bond donors (Lipinski definition) is 2. The highest BCUT2D eigenvalue weighted by atomic mass is 16.4. The first-order valence-electron chi connectivity index (χ1n) is 11.8. The third-order valence-corrected chi connectivity index (χ3v) is 6.14. The van der Waals surface area contributed by atoms with Gasteiger partial charge in [0.05, 0.1) is 12.1 Å². The van der Waals surface area contributed by atoms with Gasteiger partial charge < -0.3 is 15.0 Å². The van der Waals surface area contributed by atoms with Gasteiger partial charge in [0.1, 0.15) is 0 Å². The largest absolute Gasteiger partial charge is 0.481 e. The average molecular weight is 462 g/mol. The number of aliphatic carboxylic acids is 1. The van der Waals surface area contributed by atoms with Crippen LogP contribution < -0.4 is 10.9 Å². The summed E-state index contributed by atoms with van der Waals surface area (Å²) in [6, 6.07) is 13.1. The molecule has 2 aromatic heterocycles. The van der Waals surface area contributed by atoms with Crippen molar-refractivity contribution < 1.29 is 9.90 Å². The lowest BCUT2D eigenvalue weighted by Crippen LogP contribution is -2.35. The van der Waals surface area contributed by atoms with Gasteiger partial charge in [-0.25, -0.2) is 0 Å². The number of carboxylic acid groups (broad SMARTS) is 1. The van der Waals surface area contributed by atoms with E-state index >= 15 is 0 Å². The number of pyridine rings is 2. The van der Waals surface area contributed by atoms with E-state index in [4.69, 9.17) is 0 Å². The maximum atomic E-state index is 12.7. The Labute approximate surface area is 201 Å². The van der Waals surface area contributed by atoms with Gasteiger partial charge in [0.25, 0.3) is 5.56 Å². The van der Waals surface area contributed by atoms with Crippen LogP contribution in [0.25, 0.3) is 11.3 Å². The molecular formula is C28H35N3O3. The van der Waals surface area contributed by atoms with Crippen LogP contribution in [0.5, 0.6) is 0 Å². The summed E-state index contributed by atoms with van der Waals surface area (Å²) in [5.74, 6) is -0.495. The monoisotopic (exact) mass is 461 g/mol. The number of hydrogen-bond acceptors (Lipinski definition) is 4. The van der Waals surface area contributed by atoms with Crippen molar-refractivity contribution in [2.24, 2.45) is 5.92 Å². The fourth-order valence-electron chi connectivity index (χ4n) is 4.51. The Kier molecular flexibility index (Phi) is 8.40. The number of nitrogens with one attached hydrogen (secondary N) is 1. The third kappa shape index (κ3) is 6.41. The van der Waals surface area contributed by atoms with Crippen LogP contribution in [0.2, 0.25) is 0 Å². The molecule has 0 aliphatic heterocycles. The zero-order chi connectivity index (χ0) is 24.8. The van der Waals surface area contributed by atoms with Gasteiger partial charge in [-0.1, -0.05) is 32.0 Å². The highest BCUT2D eigenvalue weighted by Crippen LogP contribution is 2.28. The van der Waals surface area contributed by atoms with Gasteiger partial charge in [0.15, 0.2) is 0 Å². The Bertz CT molecular complexity index is 1180. The second-order valence-electron chi connectivity index (χ2n) is 9.53. The Morgan fingerprint density at radius 2 is 1.79 bits per heavy atom. The summed E-state index contributed by atoms with van der Waals surface area (Å²) in [7, 11) is 0. The molecule has 2 atom stereocenters. The molecule has 0 radical (unpaired) electrons. The molecule has 2 N–H and O–H groups in total. The van der Waals surface area contributed by atoms with Crippen LogP contribution in [0.3, 0.4) is 0 Å². The molecule has 0 spiro atoms.